The second-order valence-corrected chi connectivity index (χ2v) is 7.00. The number of imidazole rings is 1. The molecule has 118 valence electrons. The molecule has 6 nitrogen and oxygen atoms in total. The topological polar surface area (TPSA) is 75.3 Å². The molecular weight excluding hydrogens is 309 g/mol. The Morgan fingerprint density at radius 2 is 2.09 bits per heavy atom. The normalized spacial score (nSPS) is 20.2. The van der Waals surface area contributed by atoms with Gasteiger partial charge in [0.2, 0.25) is 10.0 Å². The van der Waals surface area contributed by atoms with E-state index in [1.165, 1.54) is 16.4 Å². The second kappa shape index (κ2) is 5.79. The first-order valence-electron chi connectivity index (χ1n) is 6.85. The lowest BCUT2D eigenvalue weighted by atomic mass is 10.2. The third kappa shape index (κ3) is 2.77. The highest BCUT2D eigenvalue weighted by molar-refractivity contribution is 7.89. The number of nitrogens with one attached hydrogen (secondary N) is 1. The molecule has 0 radical (unpaired) electrons. The Labute approximate surface area is 128 Å². The third-order valence-corrected chi connectivity index (χ3v) is 5.46. The van der Waals surface area contributed by atoms with Crippen LogP contribution in [0, 0.1) is 12.7 Å². The number of rotatable bonds is 3. The molecule has 0 saturated carbocycles. The zero-order chi connectivity index (χ0) is 15.7. The molecular formula is C14H16FN3O3S. The minimum atomic E-state index is -3.74. The monoisotopic (exact) mass is 325 g/mol. The van der Waals surface area contributed by atoms with Crippen molar-refractivity contribution in [1.82, 2.24) is 14.3 Å². The van der Waals surface area contributed by atoms with Gasteiger partial charge >= 0.3 is 0 Å². The van der Waals surface area contributed by atoms with Gasteiger partial charge in [0.25, 0.3) is 0 Å². The molecule has 1 aliphatic rings. The summed E-state index contributed by atoms with van der Waals surface area (Å²) in [7, 11) is -3.74. The predicted octanol–water partition coefficient (Wildman–Crippen LogP) is 1.62. The lowest BCUT2D eigenvalue weighted by Gasteiger charge is -2.33. The van der Waals surface area contributed by atoms with Crippen molar-refractivity contribution in [2.24, 2.45) is 0 Å². The maximum atomic E-state index is 13.0. The van der Waals surface area contributed by atoms with E-state index in [-0.39, 0.29) is 18.0 Å². The maximum absolute atomic E-state index is 13.0. The summed E-state index contributed by atoms with van der Waals surface area (Å²) in [5, 5.41) is 0. The molecule has 1 fully saturated rings. The fraction of sp³-hybridized carbons (Fsp3) is 0.357. The van der Waals surface area contributed by atoms with E-state index in [0.717, 1.165) is 17.8 Å². The Morgan fingerprint density at radius 3 is 2.73 bits per heavy atom. The average Bonchev–Trinajstić information content (AvgIpc) is 2.94. The second-order valence-electron chi connectivity index (χ2n) is 5.11. The number of halogens is 1. The Morgan fingerprint density at radius 1 is 1.36 bits per heavy atom. The number of aromatic amines is 1. The lowest BCUT2D eigenvalue weighted by molar-refractivity contribution is 0.0292. The van der Waals surface area contributed by atoms with Crippen LogP contribution in [-0.4, -0.2) is 42.4 Å². The van der Waals surface area contributed by atoms with E-state index in [4.69, 9.17) is 4.74 Å². The van der Waals surface area contributed by atoms with E-state index in [1.54, 1.807) is 6.20 Å². The van der Waals surface area contributed by atoms with Crippen LogP contribution in [0.15, 0.2) is 35.4 Å². The van der Waals surface area contributed by atoms with Gasteiger partial charge in [0.05, 0.1) is 18.1 Å². The van der Waals surface area contributed by atoms with Gasteiger partial charge in [-0.25, -0.2) is 17.8 Å². The standard InChI is InChI=1S/C14H16FN3O3S/c1-10-8-16-14(17-10)13-9-21-7-6-18(13)22(19,20)12-4-2-11(15)3-5-12/h2-5,8,13H,6-7,9H2,1H3,(H,16,17). The number of H-pyrrole nitrogens is 1. The molecule has 1 aliphatic heterocycles. The van der Waals surface area contributed by atoms with Crippen LogP contribution in [-0.2, 0) is 14.8 Å². The van der Waals surface area contributed by atoms with E-state index in [0.29, 0.717) is 12.4 Å². The fourth-order valence-corrected chi connectivity index (χ4v) is 4.00. The van der Waals surface area contributed by atoms with Crippen LogP contribution < -0.4 is 0 Å². The van der Waals surface area contributed by atoms with Gasteiger partial charge < -0.3 is 9.72 Å². The Hall–Kier alpha value is -1.77. The zero-order valence-corrected chi connectivity index (χ0v) is 12.8. The van der Waals surface area contributed by atoms with E-state index in [2.05, 4.69) is 9.97 Å². The van der Waals surface area contributed by atoms with Crippen molar-refractivity contribution in [2.75, 3.05) is 19.8 Å². The van der Waals surface area contributed by atoms with Crippen LogP contribution in [0.5, 0.6) is 0 Å². The smallest absolute Gasteiger partial charge is 0.243 e. The van der Waals surface area contributed by atoms with Gasteiger partial charge in [0, 0.05) is 18.4 Å². The highest BCUT2D eigenvalue weighted by Crippen LogP contribution is 2.28. The highest BCUT2D eigenvalue weighted by Gasteiger charge is 2.36. The van der Waals surface area contributed by atoms with Crippen LogP contribution in [0.4, 0.5) is 4.39 Å². The van der Waals surface area contributed by atoms with Gasteiger partial charge in [-0.2, -0.15) is 4.31 Å². The number of hydrogen-bond acceptors (Lipinski definition) is 4. The molecule has 8 heteroatoms. The summed E-state index contributed by atoms with van der Waals surface area (Å²) < 4.78 is 45.4. The van der Waals surface area contributed by atoms with Gasteiger partial charge in [-0.05, 0) is 31.2 Å². The number of nitrogens with zero attached hydrogens (tertiary/aromatic N) is 2. The summed E-state index contributed by atoms with van der Waals surface area (Å²) in [6.07, 6.45) is 1.65. The van der Waals surface area contributed by atoms with Crippen molar-refractivity contribution >= 4 is 10.0 Å². The Balaban J connectivity index is 1.97. The zero-order valence-electron chi connectivity index (χ0n) is 12.0. The molecule has 0 amide bonds. The summed E-state index contributed by atoms with van der Waals surface area (Å²) in [4.78, 5) is 7.32. The molecule has 1 unspecified atom stereocenters. The minimum Gasteiger partial charge on any atom is -0.378 e. The summed E-state index contributed by atoms with van der Waals surface area (Å²) in [6.45, 7) is 2.62. The molecule has 1 aromatic carbocycles. The maximum Gasteiger partial charge on any atom is 0.243 e. The van der Waals surface area contributed by atoms with Crippen molar-refractivity contribution in [2.45, 2.75) is 17.9 Å². The van der Waals surface area contributed by atoms with E-state index in [9.17, 15) is 12.8 Å². The summed E-state index contributed by atoms with van der Waals surface area (Å²) >= 11 is 0. The van der Waals surface area contributed by atoms with Crippen molar-refractivity contribution < 1.29 is 17.5 Å². The molecule has 1 N–H and O–H groups in total. The van der Waals surface area contributed by atoms with Crippen LogP contribution in [0.1, 0.15) is 17.6 Å². The van der Waals surface area contributed by atoms with Gasteiger partial charge in [0.15, 0.2) is 0 Å². The number of aryl methyl sites for hydroxylation is 1. The molecule has 0 bridgehead atoms. The number of sulfonamides is 1. The van der Waals surface area contributed by atoms with Crippen molar-refractivity contribution in [1.29, 1.82) is 0 Å². The van der Waals surface area contributed by atoms with Gasteiger partial charge in [-0.15, -0.1) is 0 Å². The molecule has 1 saturated heterocycles. The largest absolute Gasteiger partial charge is 0.378 e. The fourth-order valence-electron chi connectivity index (χ4n) is 2.44. The molecule has 2 aromatic rings. The van der Waals surface area contributed by atoms with Crippen LogP contribution in [0.25, 0.3) is 0 Å². The number of ether oxygens (including phenoxy) is 1. The molecule has 0 spiro atoms. The van der Waals surface area contributed by atoms with Crippen LogP contribution in [0.3, 0.4) is 0 Å². The molecule has 2 heterocycles. The Kier molecular flexibility index (Phi) is 3.98. The summed E-state index contributed by atoms with van der Waals surface area (Å²) in [5.41, 5.74) is 0.847. The van der Waals surface area contributed by atoms with Gasteiger partial charge in [0.1, 0.15) is 17.7 Å². The first kappa shape index (κ1) is 15.1. The third-order valence-electron chi connectivity index (χ3n) is 3.54. The molecule has 3 rings (SSSR count). The van der Waals surface area contributed by atoms with E-state index in [1.807, 2.05) is 6.92 Å². The van der Waals surface area contributed by atoms with Crippen LogP contribution >= 0.6 is 0 Å². The lowest BCUT2D eigenvalue weighted by Crippen LogP contribution is -2.43. The highest BCUT2D eigenvalue weighted by atomic mass is 32.2. The minimum absolute atomic E-state index is 0.0593. The molecule has 0 aliphatic carbocycles. The van der Waals surface area contributed by atoms with Crippen molar-refractivity contribution in [3.8, 4) is 0 Å². The summed E-state index contributed by atoms with van der Waals surface area (Å²) in [6, 6.07) is 4.30. The number of aromatic nitrogens is 2. The first-order valence-corrected chi connectivity index (χ1v) is 8.29. The quantitative estimate of drug-likeness (QED) is 0.930. The predicted molar refractivity (Wildman–Crippen MR) is 77.2 cm³/mol. The van der Waals surface area contributed by atoms with E-state index >= 15 is 0 Å². The molecule has 1 aromatic heterocycles. The van der Waals surface area contributed by atoms with Gasteiger partial charge in [-0.1, -0.05) is 0 Å². The summed E-state index contributed by atoms with van der Waals surface area (Å²) in [5.74, 6) is 0.0713. The SMILES string of the molecule is Cc1cnc(C2COCCN2S(=O)(=O)c2ccc(F)cc2)[nH]1. The van der Waals surface area contributed by atoms with Gasteiger partial charge in [-0.3, -0.25) is 0 Å². The average molecular weight is 325 g/mol. The van der Waals surface area contributed by atoms with Crippen molar-refractivity contribution in [3.05, 3.63) is 47.8 Å². The molecule has 1 atom stereocenters. The van der Waals surface area contributed by atoms with Crippen LogP contribution in [0.2, 0.25) is 0 Å². The van der Waals surface area contributed by atoms with Crippen molar-refractivity contribution in [3.63, 3.8) is 0 Å². The number of benzene rings is 1. The molecule has 22 heavy (non-hydrogen) atoms. The number of morpholine rings is 1. The van der Waals surface area contributed by atoms with E-state index < -0.39 is 21.9 Å². The first-order chi connectivity index (χ1) is 10.5. The number of hydrogen-bond donors (Lipinski definition) is 1. The Bertz CT molecular complexity index is 758.